The number of nitrogens with zero attached hydrogens (tertiary/aromatic N) is 5. The SMILES string of the molecule is COc1nccc(N2CCC(N3CCC[C@H](C(=O)N4CCCC4)C3)CC2)c1C#N. The van der Waals surface area contributed by atoms with Gasteiger partial charge in [0.25, 0.3) is 0 Å². The number of nitriles is 1. The van der Waals surface area contributed by atoms with Gasteiger partial charge in [0.1, 0.15) is 11.6 Å². The van der Waals surface area contributed by atoms with Crippen molar-refractivity contribution in [2.24, 2.45) is 5.92 Å². The number of anilines is 1. The maximum absolute atomic E-state index is 12.8. The fraction of sp³-hybridized carbons (Fsp3) is 0.682. The lowest BCUT2D eigenvalue weighted by Crippen LogP contribution is -2.51. The molecule has 0 saturated carbocycles. The highest BCUT2D eigenvalue weighted by Crippen LogP contribution is 2.31. The van der Waals surface area contributed by atoms with Crippen LogP contribution in [0.2, 0.25) is 0 Å². The van der Waals surface area contributed by atoms with E-state index in [1.54, 1.807) is 13.3 Å². The van der Waals surface area contributed by atoms with E-state index in [9.17, 15) is 10.1 Å². The smallest absolute Gasteiger partial charge is 0.233 e. The van der Waals surface area contributed by atoms with Crippen LogP contribution in [0.15, 0.2) is 12.3 Å². The number of likely N-dealkylation sites (tertiary alicyclic amines) is 2. The summed E-state index contributed by atoms with van der Waals surface area (Å²) in [5, 5.41) is 9.55. The number of rotatable bonds is 4. The summed E-state index contributed by atoms with van der Waals surface area (Å²) >= 11 is 0. The van der Waals surface area contributed by atoms with Gasteiger partial charge in [-0.3, -0.25) is 9.69 Å². The van der Waals surface area contributed by atoms with Gasteiger partial charge in [0, 0.05) is 45.0 Å². The van der Waals surface area contributed by atoms with Crippen molar-refractivity contribution in [3.05, 3.63) is 17.8 Å². The van der Waals surface area contributed by atoms with Crippen LogP contribution in [-0.2, 0) is 4.79 Å². The third-order valence-electron chi connectivity index (χ3n) is 6.74. The van der Waals surface area contributed by atoms with Crippen molar-refractivity contribution in [3.8, 4) is 11.9 Å². The second-order valence-corrected chi connectivity index (χ2v) is 8.41. The zero-order valence-corrected chi connectivity index (χ0v) is 17.3. The number of pyridine rings is 1. The van der Waals surface area contributed by atoms with Gasteiger partial charge in [0.15, 0.2) is 0 Å². The summed E-state index contributed by atoms with van der Waals surface area (Å²) in [6.45, 7) is 5.73. The Labute approximate surface area is 173 Å². The Balaban J connectivity index is 1.36. The van der Waals surface area contributed by atoms with Crippen molar-refractivity contribution in [1.29, 1.82) is 5.26 Å². The lowest BCUT2D eigenvalue weighted by atomic mass is 9.92. The lowest BCUT2D eigenvalue weighted by molar-refractivity contribution is -0.136. The molecule has 3 aliphatic heterocycles. The molecule has 1 aromatic rings. The Bertz CT molecular complexity index is 763. The van der Waals surface area contributed by atoms with E-state index in [-0.39, 0.29) is 5.92 Å². The standard InChI is InChI=1S/C22H31N5O2/c1-29-21-19(15-23)20(6-9-24-21)25-13-7-18(8-14-25)27-12-4-5-17(16-27)22(28)26-10-2-3-11-26/h6,9,17-18H,2-5,7-8,10-14,16H2,1H3/t17-/m0/s1. The first-order chi connectivity index (χ1) is 14.2. The van der Waals surface area contributed by atoms with Crippen LogP contribution in [0.25, 0.3) is 0 Å². The molecule has 1 aromatic heterocycles. The summed E-state index contributed by atoms with van der Waals surface area (Å²) in [5.74, 6) is 0.952. The second-order valence-electron chi connectivity index (χ2n) is 8.41. The van der Waals surface area contributed by atoms with E-state index >= 15 is 0 Å². The van der Waals surface area contributed by atoms with Crippen molar-refractivity contribution in [2.45, 2.75) is 44.6 Å². The van der Waals surface area contributed by atoms with Crippen molar-refractivity contribution in [2.75, 3.05) is 51.3 Å². The van der Waals surface area contributed by atoms with Gasteiger partial charge in [0.05, 0.1) is 18.7 Å². The average Bonchev–Trinajstić information content (AvgIpc) is 3.33. The van der Waals surface area contributed by atoms with E-state index in [0.717, 1.165) is 83.5 Å². The van der Waals surface area contributed by atoms with E-state index < -0.39 is 0 Å². The molecule has 4 rings (SSSR count). The number of aromatic nitrogens is 1. The summed E-state index contributed by atoms with van der Waals surface area (Å²) in [6, 6.07) is 4.68. The Kier molecular flexibility index (Phi) is 6.19. The molecule has 0 aromatic carbocycles. The first-order valence-electron chi connectivity index (χ1n) is 10.9. The Morgan fingerprint density at radius 2 is 1.90 bits per heavy atom. The summed E-state index contributed by atoms with van der Waals surface area (Å²) in [6.07, 6.45) is 8.29. The van der Waals surface area contributed by atoms with Gasteiger partial charge in [-0.25, -0.2) is 4.98 Å². The number of methoxy groups -OCH3 is 1. The van der Waals surface area contributed by atoms with Gasteiger partial charge >= 0.3 is 0 Å². The number of carbonyl (C=O) groups excluding carboxylic acids is 1. The Morgan fingerprint density at radius 1 is 1.14 bits per heavy atom. The number of piperidine rings is 2. The number of hydrogen-bond donors (Lipinski definition) is 0. The molecular formula is C22H31N5O2. The van der Waals surface area contributed by atoms with Crippen LogP contribution < -0.4 is 9.64 Å². The average molecular weight is 398 g/mol. The molecule has 0 bridgehead atoms. The molecule has 7 heteroatoms. The van der Waals surface area contributed by atoms with Gasteiger partial charge in [0.2, 0.25) is 11.8 Å². The molecule has 0 unspecified atom stereocenters. The van der Waals surface area contributed by atoms with Crippen LogP contribution in [0.5, 0.6) is 5.88 Å². The van der Waals surface area contributed by atoms with Gasteiger partial charge in [-0.1, -0.05) is 0 Å². The maximum atomic E-state index is 12.8. The van der Waals surface area contributed by atoms with Crippen LogP contribution in [-0.4, -0.2) is 73.1 Å². The second kappa shape index (κ2) is 9.00. The van der Waals surface area contributed by atoms with E-state index in [1.165, 1.54) is 0 Å². The van der Waals surface area contributed by atoms with Crippen molar-refractivity contribution >= 4 is 11.6 Å². The van der Waals surface area contributed by atoms with Crippen LogP contribution in [0.3, 0.4) is 0 Å². The zero-order chi connectivity index (χ0) is 20.2. The topological polar surface area (TPSA) is 72.7 Å². The largest absolute Gasteiger partial charge is 0.480 e. The summed E-state index contributed by atoms with van der Waals surface area (Å²) in [7, 11) is 1.55. The molecule has 3 aliphatic rings. The van der Waals surface area contributed by atoms with Crippen LogP contribution in [0, 0.1) is 17.2 Å². The van der Waals surface area contributed by atoms with Crippen molar-refractivity contribution in [3.63, 3.8) is 0 Å². The quantitative estimate of drug-likeness (QED) is 0.776. The normalized spacial score (nSPS) is 23.8. The Morgan fingerprint density at radius 3 is 2.59 bits per heavy atom. The van der Waals surface area contributed by atoms with Gasteiger partial charge in [-0.15, -0.1) is 0 Å². The van der Waals surface area contributed by atoms with Crippen molar-refractivity contribution < 1.29 is 9.53 Å². The first kappa shape index (κ1) is 20.0. The molecule has 0 radical (unpaired) electrons. The fourth-order valence-electron chi connectivity index (χ4n) is 5.16. The van der Waals surface area contributed by atoms with Crippen LogP contribution in [0.4, 0.5) is 5.69 Å². The fourth-order valence-corrected chi connectivity index (χ4v) is 5.16. The van der Waals surface area contributed by atoms with Crippen LogP contribution in [0.1, 0.15) is 44.1 Å². The third-order valence-corrected chi connectivity index (χ3v) is 6.74. The molecule has 7 nitrogen and oxygen atoms in total. The molecule has 0 N–H and O–H groups in total. The molecule has 0 spiro atoms. The molecule has 3 fully saturated rings. The Hall–Kier alpha value is -2.33. The maximum Gasteiger partial charge on any atom is 0.233 e. The van der Waals surface area contributed by atoms with E-state index in [1.807, 2.05) is 6.07 Å². The van der Waals surface area contributed by atoms with E-state index in [2.05, 4.69) is 25.8 Å². The molecule has 3 saturated heterocycles. The zero-order valence-electron chi connectivity index (χ0n) is 17.3. The van der Waals surface area contributed by atoms with E-state index in [4.69, 9.17) is 4.74 Å². The van der Waals surface area contributed by atoms with Crippen LogP contribution >= 0.6 is 0 Å². The predicted octanol–water partition coefficient (Wildman–Crippen LogP) is 2.27. The van der Waals surface area contributed by atoms with Gasteiger partial charge in [-0.05, 0) is 51.1 Å². The number of amides is 1. The highest BCUT2D eigenvalue weighted by molar-refractivity contribution is 5.79. The monoisotopic (exact) mass is 397 g/mol. The molecular weight excluding hydrogens is 366 g/mol. The minimum Gasteiger partial charge on any atom is -0.480 e. The minimum absolute atomic E-state index is 0.175. The molecule has 4 heterocycles. The van der Waals surface area contributed by atoms with Crippen molar-refractivity contribution in [1.82, 2.24) is 14.8 Å². The molecule has 1 amide bonds. The number of ether oxygens (including phenoxy) is 1. The molecule has 29 heavy (non-hydrogen) atoms. The predicted molar refractivity (Wildman–Crippen MR) is 111 cm³/mol. The highest BCUT2D eigenvalue weighted by atomic mass is 16.5. The number of hydrogen-bond acceptors (Lipinski definition) is 6. The highest BCUT2D eigenvalue weighted by Gasteiger charge is 2.34. The summed E-state index contributed by atoms with van der Waals surface area (Å²) in [4.78, 5) is 23.9. The van der Waals surface area contributed by atoms with Gasteiger partial charge < -0.3 is 14.5 Å². The molecule has 1 atom stereocenters. The first-order valence-corrected chi connectivity index (χ1v) is 10.9. The van der Waals surface area contributed by atoms with E-state index in [0.29, 0.717) is 23.4 Å². The molecule has 0 aliphatic carbocycles. The van der Waals surface area contributed by atoms with Gasteiger partial charge in [-0.2, -0.15) is 5.26 Å². The molecule has 156 valence electrons. The lowest BCUT2D eigenvalue weighted by Gasteiger charge is -2.43. The summed E-state index contributed by atoms with van der Waals surface area (Å²) < 4.78 is 5.26. The number of carbonyl (C=O) groups is 1. The summed E-state index contributed by atoms with van der Waals surface area (Å²) in [5.41, 5.74) is 1.43. The third kappa shape index (κ3) is 4.18. The minimum atomic E-state index is 0.175.